The monoisotopic (exact) mass is 387 g/mol. The van der Waals surface area contributed by atoms with Gasteiger partial charge in [-0.2, -0.15) is 0 Å². The van der Waals surface area contributed by atoms with Gasteiger partial charge in [0, 0.05) is 28.3 Å². The summed E-state index contributed by atoms with van der Waals surface area (Å²) >= 11 is 12.3. The van der Waals surface area contributed by atoms with E-state index >= 15 is 0 Å². The average molecular weight is 388 g/mol. The van der Waals surface area contributed by atoms with Gasteiger partial charge < -0.3 is 9.47 Å². The highest BCUT2D eigenvalue weighted by Gasteiger charge is 2.13. The highest BCUT2D eigenvalue weighted by Crippen LogP contribution is 2.31. The number of halogens is 2. The molecule has 0 unspecified atom stereocenters. The van der Waals surface area contributed by atoms with Crippen LogP contribution in [-0.4, -0.2) is 12.1 Å². The SMILES string of the molecule is COCc1cc(-c2cc(Cl)cc(Cl)c2)nc(OCc2ccccc2)c1C. The van der Waals surface area contributed by atoms with E-state index in [1.165, 1.54) is 0 Å². The van der Waals surface area contributed by atoms with Crippen molar-refractivity contribution in [3.8, 4) is 17.1 Å². The van der Waals surface area contributed by atoms with Gasteiger partial charge in [0.25, 0.3) is 0 Å². The second-order valence-corrected chi connectivity index (χ2v) is 6.84. The summed E-state index contributed by atoms with van der Waals surface area (Å²) in [5, 5.41) is 1.13. The molecule has 2 aromatic carbocycles. The Labute approximate surface area is 163 Å². The van der Waals surface area contributed by atoms with Crippen molar-refractivity contribution >= 4 is 23.2 Å². The Balaban J connectivity index is 1.98. The van der Waals surface area contributed by atoms with E-state index in [1.54, 1.807) is 13.2 Å². The molecule has 1 heterocycles. The fourth-order valence-electron chi connectivity index (χ4n) is 2.66. The van der Waals surface area contributed by atoms with E-state index in [0.717, 1.165) is 27.9 Å². The van der Waals surface area contributed by atoms with Gasteiger partial charge in [-0.15, -0.1) is 0 Å². The van der Waals surface area contributed by atoms with Crippen LogP contribution < -0.4 is 4.74 Å². The maximum atomic E-state index is 6.15. The normalized spacial score (nSPS) is 10.8. The molecule has 1 aromatic heterocycles. The Bertz CT molecular complexity index is 878. The number of pyridine rings is 1. The third-order valence-electron chi connectivity index (χ3n) is 4.01. The molecule has 0 aliphatic rings. The molecule has 0 amide bonds. The summed E-state index contributed by atoms with van der Waals surface area (Å²) in [6.45, 7) is 2.90. The Kier molecular flexibility index (Phi) is 6.15. The average Bonchev–Trinajstić information content (AvgIpc) is 2.62. The summed E-state index contributed by atoms with van der Waals surface area (Å²) < 4.78 is 11.3. The predicted molar refractivity (Wildman–Crippen MR) is 106 cm³/mol. The van der Waals surface area contributed by atoms with Crippen molar-refractivity contribution in [3.05, 3.63) is 81.3 Å². The van der Waals surface area contributed by atoms with Crippen LogP contribution in [0.15, 0.2) is 54.6 Å². The Morgan fingerprint density at radius 1 is 0.923 bits per heavy atom. The van der Waals surface area contributed by atoms with E-state index in [1.807, 2.05) is 55.5 Å². The van der Waals surface area contributed by atoms with Gasteiger partial charge in [-0.1, -0.05) is 53.5 Å². The van der Waals surface area contributed by atoms with Crippen molar-refractivity contribution in [2.75, 3.05) is 7.11 Å². The summed E-state index contributed by atoms with van der Waals surface area (Å²) in [7, 11) is 1.67. The molecule has 3 aromatic rings. The first-order chi connectivity index (χ1) is 12.6. The third-order valence-corrected chi connectivity index (χ3v) is 4.45. The highest BCUT2D eigenvalue weighted by atomic mass is 35.5. The number of rotatable bonds is 6. The van der Waals surface area contributed by atoms with Gasteiger partial charge in [0.1, 0.15) is 6.61 Å². The van der Waals surface area contributed by atoms with Crippen LogP contribution in [0.4, 0.5) is 0 Å². The quantitative estimate of drug-likeness (QED) is 0.512. The second kappa shape index (κ2) is 8.54. The van der Waals surface area contributed by atoms with Crippen molar-refractivity contribution in [2.24, 2.45) is 0 Å². The van der Waals surface area contributed by atoms with E-state index in [2.05, 4.69) is 4.98 Å². The molecule has 26 heavy (non-hydrogen) atoms. The number of nitrogens with zero attached hydrogens (tertiary/aromatic N) is 1. The fourth-order valence-corrected chi connectivity index (χ4v) is 3.18. The van der Waals surface area contributed by atoms with Gasteiger partial charge in [-0.25, -0.2) is 4.98 Å². The Morgan fingerprint density at radius 2 is 1.62 bits per heavy atom. The topological polar surface area (TPSA) is 31.4 Å². The molecular formula is C21H19Cl2NO2. The van der Waals surface area contributed by atoms with E-state index in [-0.39, 0.29) is 0 Å². The van der Waals surface area contributed by atoms with E-state index < -0.39 is 0 Å². The van der Waals surface area contributed by atoms with E-state index in [9.17, 15) is 0 Å². The number of hydrogen-bond donors (Lipinski definition) is 0. The van der Waals surface area contributed by atoms with Crippen molar-refractivity contribution < 1.29 is 9.47 Å². The lowest BCUT2D eigenvalue weighted by atomic mass is 10.1. The van der Waals surface area contributed by atoms with Crippen molar-refractivity contribution in [3.63, 3.8) is 0 Å². The molecular weight excluding hydrogens is 369 g/mol. The lowest BCUT2D eigenvalue weighted by Crippen LogP contribution is -2.03. The van der Waals surface area contributed by atoms with Crippen LogP contribution in [-0.2, 0) is 18.0 Å². The molecule has 5 heteroatoms. The predicted octanol–water partition coefficient (Wildman–Crippen LogP) is 6.09. The number of hydrogen-bond acceptors (Lipinski definition) is 3. The minimum Gasteiger partial charge on any atom is -0.473 e. The molecule has 134 valence electrons. The molecule has 0 aliphatic carbocycles. The molecule has 3 rings (SSSR count). The van der Waals surface area contributed by atoms with Crippen LogP contribution >= 0.6 is 23.2 Å². The maximum Gasteiger partial charge on any atom is 0.217 e. The Morgan fingerprint density at radius 3 is 2.27 bits per heavy atom. The smallest absolute Gasteiger partial charge is 0.217 e. The molecule has 0 N–H and O–H groups in total. The summed E-state index contributed by atoms with van der Waals surface area (Å²) in [6.07, 6.45) is 0. The van der Waals surface area contributed by atoms with Crippen LogP contribution in [0.2, 0.25) is 10.0 Å². The second-order valence-electron chi connectivity index (χ2n) is 5.96. The van der Waals surface area contributed by atoms with Gasteiger partial charge in [0.2, 0.25) is 5.88 Å². The number of aromatic nitrogens is 1. The number of methoxy groups -OCH3 is 1. The van der Waals surface area contributed by atoms with Crippen molar-refractivity contribution in [2.45, 2.75) is 20.1 Å². The van der Waals surface area contributed by atoms with Gasteiger partial charge in [-0.3, -0.25) is 0 Å². The zero-order valence-corrected chi connectivity index (χ0v) is 16.1. The van der Waals surface area contributed by atoms with Crippen LogP contribution in [0.1, 0.15) is 16.7 Å². The summed E-state index contributed by atoms with van der Waals surface area (Å²) in [6, 6.07) is 17.3. The lowest BCUT2D eigenvalue weighted by molar-refractivity contribution is 0.183. The Hall–Kier alpha value is -2.07. The molecule has 0 aliphatic heterocycles. The van der Waals surface area contributed by atoms with Crippen LogP contribution in [0, 0.1) is 6.92 Å². The van der Waals surface area contributed by atoms with Crippen molar-refractivity contribution in [1.29, 1.82) is 0 Å². The van der Waals surface area contributed by atoms with E-state index in [0.29, 0.717) is 29.1 Å². The van der Waals surface area contributed by atoms with Crippen LogP contribution in [0.25, 0.3) is 11.3 Å². The van der Waals surface area contributed by atoms with Gasteiger partial charge >= 0.3 is 0 Å². The standard InChI is InChI=1S/C21H19Cl2NO2/c1-14-17(13-25-2)10-20(16-8-18(22)11-19(23)9-16)24-21(14)26-12-15-6-4-3-5-7-15/h3-11H,12-13H2,1-2H3. The molecule has 0 saturated heterocycles. The fraction of sp³-hybridized carbons (Fsp3) is 0.190. The first-order valence-electron chi connectivity index (χ1n) is 8.19. The lowest BCUT2D eigenvalue weighted by Gasteiger charge is -2.14. The van der Waals surface area contributed by atoms with Gasteiger partial charge in [0.15, 0.2) is 0 Å². The minimum atomic E-state index is 0.445. The molecule has 0 atom stereocenters. The van der Waals surface area contributed by atoms with Crippen LogP contribution in [0.3, 0.4) is 0 Å². The third kappa shape index (κ3) is 4.55. The van der Waals surface area contributed by atoms with E-state index in [4.69, 9.17) is 32.7 Å². The number of ether oxygens (including phenoxy) is 2. The van der Waals surface area contributed by atoms with Crippen LogP contribution in [0.5, 0.6) is 5.88 Å². The summed E-state index contributed by atoms with van der Waals surface area (Å²) in [5.41, 5.74) is 4.63. The molecule has 0 saturated carbocycles. The molecule has 0 bridgehead atoms. The molecule has 0 radical (unpaired) electrons. The minimum absolute atomic E-state index is 0.445. The molecule has 3 nitrogen and oxygen atoms in total. The zero-order chi connectivity index (χ0) is 18.5. The molecule has 0 fully saturated rings. The molecule has 0 spiro atoms. The summed E-state index contributed by atoms with van der Waals surface area (Å²) in [4.78, 5) is 4.69. The zero-order valence-electron chi connectivity index (χ0n) is 14.6. The van der Waals surface area contributed by atoms with Gasteiger partial charge in [-0.05, 0) is 42.3 Å². The highest BCUT2D eigenvalue weighted by molar-refractivity contribution is 6.35. The largest absolute Gasteiger partial charge is 0.473 e. The number of benzene rings is 2. The first kappa shape index (κ1) is 18.7. The van der Waals surface area contributed by atoms with Gasteiger partial charge in [0.05, 0.1) is 12.3 Å². The maximum absolute atomic E-state index is 6.15. The summed E-state index contributed by atoms with van der Waals surface area (Å²) in [5.74, 6) is 0.578. The first-order valence-corrected chi connectivity index (χ1v) is 8.95. The van der Waals surface area contributed by atoms with Crippen molar-refractivity contribution in [1.82, 2.24) is 4.98 Å².